The third kappa shape index (κ3) is 8.75. The third-order valence-electron chi connectivity index (χ3n) is 6.45. The lowest BCUT2D eigenvalue weighted by atomic mass is 9.88. The number of rotatable bonds is 13. The van der Waals surface area contributed by atoms with Crippen LogP contribution in [-0.2, 0) is 11.2 Å². The molecule has 200 valence electrons. The van der Waals surface area contributed by atoms with Gasteiger partial charge in [0.1, 0.15) is 11.5 Å². The fraction of sp³-hybridized carbons (Fsp3) is 0.212. The van der Waals surface area contributed by atoms with Gasteiger partial charge in [0.2, 0.25) is 0 Å². The Balaban J connectivity index is 1.45. The molecule has 1 N–H and O–H groups in total. The highest BCUT2D eigenvalue weighted by Gasteiger charge is 2.20. The number of benzene rings is 4. The van der Waals surface area contributed by atoms with Gasteiger partial charge in [-0.25, -0.2) is 9.59 Å². The molecule has 0 fully saturated rings. The minimum Gasteiger partial charge on any atom is -0.482 e. The molecule has 39 heavy (non-hydrogen) atoms. The maximum absolute atomic E-state index is 13.3. The van der Waals surface area contributed by atoms with Crippen molar-refractivity contribution in [1.29, 1.82) is 0 Å². The monoisotopic (exact) mass is 523 g/mol. The first-order valence-electron chi connectivity index (χ1n) is 13.1. The first kappa shape index (κ1) is 27.5. The van der Waals surface area contributed by atoms with Crippen LogP contribution in [0.1, 0.15) is 35.4 Å². The predicted octanol–water partition coefficient (Wildman–Crippen LogP) is 6.81. The number of carbonyl (C=O) groups excluding carboxylic acids is 1. The summed E-state index contributed by atoms with van der Waals surface area (Å²) >= 11 is 0. The quantitative estimate of drug-likeness (QED) is 0.208. The van der Waals surface area contributed by atoms with Gasteiger partial charge in [-0.1, -0.05) is 91.0 Å². The maximum Gasteiger partial charge on any atom is 0.415 e. The van der Waals surface area contributed by atoms with Gasteiger partial charge in [-0.05, 0) is 60.2 Å². The number of carboxylic acid groups (broad SMARTS) is 1. The van der Waals surface area contributed by atoms with E-state index in [1.54, 1.807) is 23.1 Å². The van der Waals surface area contributed by atoms with Crippen LogP contribution in [-0.4, -0.2) is 41.8 Å². The molecule has 0 heterocycles. The molecular weight excluding hydrogens is 490 g/mol. The molecule has 6 nitrogen and oxygen atoms in total. The molecule has 0 radical (unpaired) electrons. The van der Waals surface area contributed by atoms with Gasteiger partial charge in [0.05, 0.1) is 0 Å². The summed E-state index contributed by atoms with van der Waals surface area (Å²) in [6.07, 6.45) is 1.80. The molecule has 1 amide bonds. The molecule has 0 saturated heterocycles. The molecule has 4 aromatic rings. The Morgan fingerprint density at radius 2 is 1.31 bits per heavy atom. The molecule has 0 unspecified atom stereocenters. The van der Waals surface area contributed by atoms with E-state index in [0.717, 1.165) is 12.0 Å². The molecule has 0 bridgehead atoms. The zero-order valence-corrected chi connectivity index (χ0v) is 21.8. The highest BCUT2D eigenvalue weighted by molar-refractivity contribution is 5.70. The van der Waals surface area contributed by atoms with Crippen LogP contribution >= 0.6 is 0 Å². The van der Waals surface area contributed by atoms with Crippen molar-refractivity contribution in [3.63, 3.8) is 0 Å². The topological polar surface area (TPSA) is 76.1 Å². The number of hydrogen-bond donors (Lipinski definition) is 1. The van der Waals surface area contributed by atoms with E-state index >= 15 is 0 Å². The van der Waals surface area contributed by atoms with Crippen LogP contribution in [0.25, 0.3) is 0 Å². The molecule has 0 aliphatic heterocycles. The molecule has 0 saturated carbocycles. The summed E-state index contributed by atoms with van der Waals surface area (Å²) in [7, 11) is 0. The Bertz CT molecular complexity index is 1270. The van der Waals surface area contributed by atoms with E-state index in [4.69, 9.17) is 14.6 Å². The summed E-state index contributed by atoms with van der Waals surface area (Å²) in [5.41, 5.74) is 3.43. The lowest BCUT2D eigenvalue weighted by Crippen LogP contribution is -2.36. The summed E-state index contributed by atoms with van der Waals surface area (Å²) in [6, 6.07) is 37.2. The fourth-order valence-corrected chi connectivity index (χ4v) is 4.54. The standard InChI is InChI=1S/C33H33NO5/c35-32(36)25-38-30-20-10-12-26(24-30)13-11-22-34(33(37)39-29-18-8-3-9-19-29)23-21-31(27-14-4-1-5-15-27)28-16-6-2-7-17-28/h1-10,12,14-20,24,31H,11,13,21-23,25H2,(H,35,36). The van der Waals surface area contributed by atoms with Crippen LogP contribution in [0.5, 0.6) is 11.5 Å². The van der Waals surface area contributed by atoms with Gasteiger partial charge in [0, 0.05) is 19.0 Å². The highest BCUT2D eigenvalue weighted by atomic mass is 16.6. The maximum atomic E-state index is 13.3. The van der Waals surface area contributed by atoms with Crippen LogP contribution in [0, 0.1) is 0 Å². The highest BCUT2D eigenvalue weighted by Crippen LogP contribution is 2.28. The van der Waals surface area contributed by atoms with Crippen molar-refractivity contribution >= 4 is 12.1 Å². The van der Waals surface area contributed by atoms with E-state index in [2.05, 4.69) is 24.3 Å². The second kappa shape index (κ2) is 14.4. The predicted molar refractivity (Wildman–Crippen MR) is 151 cm³/mol. The minimum atomic E-state index is -1.02. The molecular formula is C33H33NO5. The Morgan fingerprint density at radius 1 is 0.718 bits per heavy atom. The van der Waals surface area contributed by atoms with Crippen molar-refractivity contribution in [2.75, 3.05) is 19.7 Å². The number of carboxylic acids is 1. The van der Waals surface area contributed by atoms with Crippen LogP contribution < -0.4 is 9.47 Å². The van der Waals surface area contributed by atoms with Crippen LogP contribution in [0.15, 0.2) is 115 Å². The van der Waals surface area contributed by atoms with E-state index in [9.17, 15) is 9.59 Å². The molecule has 0 aliphatic rings. The molecule has 6 heteroatoms. The number of amides is 1. The smallest absolute Gasteiger partial charge is 0.415 e. The number of para-hydroxylation sites is 1. The van der Waals surface area contributed by atoms with Crippen molar-refractivity contribution < 1.29 is 24.2 Å². The van der Waals surface area contributed by atoms with E-state index in [1.165, 1.54) is 11.1 Å². The van der Waals surface area contributed by atoms with Gasteiger partial charge in [0.25, 0.3) is 0 Å². The average molecular weight is 524 g/mol. The van der Waals surface area contributed by atoms with E-state index in [1.807, 2.05) is 72.8 Å². The van der Waals surface area contributed by atoms with Crippen molar-refractivity contribution in [1.82, 2.24) is 4.90 Å². The van der Waals surface area contributed by atoms with Crippen molar-refractivity contribution in [2.45, 2.75) is 25.2 Å². The lowest BCUT2D eigenvalue weighted by Gasteiger charge is -2.25. The molecule has 0 spiro atoms. The zero-order valence-electron chi connectivity index (χ0n) is 21.8. The Kier molecular flexibility index (Phi) is 10.1. The van der Waals surface area contributed by atoms with Gasteiger partial charge in [-0.2, -0.15) is 0 Å². The summed E-state index contributed by atoms with van der Waals surface area (Å²) in [5.74, 6) is 0.155. The number of hydrogen-bond acceptors (Lipinski definition) is 4. The molecule has 0 aliphatic carbocycles. The summed E-state index contributed by atoms with van der Waals surface area (Å²) < 4.78 is 11.0. The first-order chi connectivity index (χ1) is 19.1. The summed E-state index contributed by atoms with van der Waals surface area (Å²) in [4.78, 5) is 25.9. The van der Waals surface area contributed by atoms with Crippen molar-refractivity contribution in [3.8, 4) is 11.5 Å². The number of aliphatic carboxylic acids is 1. The Hall–Kier alpha value is -4.58. The van der Waals surface area contributed by atoms with Gasteiger partial charge < -0.3 is 19.5 Å². The van der Waals surface area contributed by atoms with Gasteiger partial charge in [-0.3, -0.25) is 0 Å². The molecule has 0 atom stereocenters. The largest absolute Gasteiger partial charge is 0.482 e. The number of nitrogens with zero attached hydrogens (tertiary/aromatic N) is 1. The van der Waals surface area contributed by atoms with Gasteiger partial charge >= 0.3 is 12.1 Å². The van der Waals surface area contributed by atoms with E-state index in [-0.39, 0.29) is 18.6 Å². The Morgan fingerprint density at radius 3 is 1.92 bits per heavy atom. The van der Waals surface area contributed by atoms with Crippen LogP contribution in [0.3, 0.4) is 0 Å². The van der Waals surface area contributed by atoms with E-state index < -0.39 is 5.97 Å². The van der Waals surface area contributed by atoms with Gasteiger partial charge in [0.15, 0.2) is 6.61 Å². The SMILES string of the molecule is O=C(O)COc1cccc(CCCN(CCC(c2ccccc2)c2ccccc2)C(=O)Oc2ccccc2)c1. The van der Waals surface area contributed by atoms with E-state index in [0.29, 0.717) is 37.4 Å². The first-order valence-corrected chi connectivity index (χ1v) is 13.1. The fourth-order valence-electron chi connectivity index (χ4n) is 4.54. The second-order valence-electron chi connectivity index (χ2n) is 9.26. The average Bonchev–Trinajstić information content (AvgIpc) is 2.97. The lowest BCUT2D eigenvalue weighted by molar-refractivity contribution is -0.139. The number of carbonyl (C=O) groups is 2. The van der Waals surface area contributed by atoms with Crippen LogP contribution in [0.2, 0.25) is 0 Å². The van der Waals surface area contributed by atoms with Crippen molar-refractivity contribution in [3.05, 3.63) is 132 Å². The molecule has 4 rings (SSSR count). The van der Waals surface area contributed by atoms with Crippen molar-refractivity contribution in [2.24, 2.45) is 0 Å². The molecule has 0 aromatic heterocycles. The van der Waals surface area contributed by atoms with Gasteiger partial charge in [-0.15, -0.1) is 0 Å². The van der Waals surface area contributed by atoms with Crippen LogP contribution in [0.4, 0.5) is 4.79 Å². The zero-order chi connectivity index (χ0) is 27.3. The summed E-state index contributed by atoms with van der Waals surface area (Å²) in [5, 5.41) is 8.87. The normalized spacial score (nSPS) is 10.7. The number of aryl methyl sites for hydroxylation is 1. The Labute approximate surface area is 229 Å². The summed E-state index contributed by atoms with van der Waals surface area (Å²) in [6.45, 7) is 0.663. The third-order valence-corrected chi connectivity index (χ3v) is 6.45. The molecule has 4 aromatic carbocycles. The number of ether oxygens (including phenoxy) is 2. The minimum absolute atomic E-state index is 0.141. The second-order valence-corrected chi connectivity index (χ2v) is 9.26.